The fourth-order valence-corrected chi connectivity index (χ4v) is 1.92. The van der Waals surface area contributed by atoms with E-state index in [-0.39, 0.29) is 0 Å². The van der Waals surface area contributed by atoms with Crippen molar-refractivity contribution in [1.29, 1.82) is 0 Å². The van der Waals surface area contributed by atoms with Crippen LogP contribution in [0.1, 0.15) is 5.56 Å². The fraction of sp³-hybridized carbons (Fsp3) is 0. The highest BCUT2D eigenvalue weighted by molar-refractivity contribution is 6.07. The van der Waals surface area contributed by atoms with Gasteiger partial charge < -0.3 is 0 Å². The third-order valence-corrected chi connectivity index (χ3v) is 2.83. The van der Waals surface area contributed by atoms with Gasteiger partial charge in [-0.2, -0.15) is 0 Å². The predicted octanol–water partition coefficient (Wildman–Crippen LogP) is 2.63. The van der Waals surface area contributed by atoms with E-state index < -0.39 is 0 Å². The molecule has 1 heterocycles. The Hall–Kier alpha value is -2.75. The lowest BCUT2D eigenvalue weighted by molar-refractivity contribution is -0.103. The number of nitrogens with zero attached hydrogens (tertiary/aromatic N) is 3. The molecular weight excluding hydrogens is 238 g/mol. The van der Waals surface area contributed by atoms with Crippen LogP contribution in [0.4, 0.5) is 0 Å². The standard InChI is InChI=1S/C15H11N3O/c19-11-13(10-12-6-2-1-3-7-12)18-15-9-5-4-8-14(15)16-17-18/h1-11H. The Labute approximate surface area is 110 Å². The highest BCUT2D eigenvalue weighted by atomic mass is 16.1. The summed E-state index contributed by atoms with van der Waals surface area (Å²) in [6, 6.07) is 17.2. The van der Waals surface area contributed by atoms with Gasteiger partial charge in [-0.25, -0.2) is 4.68 Å². The summed E-state index contributed by atoms with van der Waals surface area (Å²) >= 11 is 0. The van der Waals surface area contributed by atoms with E-state index >= 15 is 0 Å². The van der Waals surface area contributed by atoms with E-state index in [1.54, 1.807) is 10.8 Å². The summed E-state index contributed by atoms with van der Waals surface area (Å²) in [4.78, 5) is 11.3. The number of carbonyl (C=O) groups is 1. The molecule has 0 atom stereocenters. The van der Waals surface area contributed by atoms with Crippen LogP contribution in [0.15, 0.2) is 54.6 Å². The van der Waals surface area contributed by atoms with Crippen molar-refractivity contribution >= 4 is 29.1 Å². The summed E-state index contributed by atoms with van der Waals surface area (Å²) in [5, 5.41) is 8.07. The van der Waals surface area contributed by atoms with Gasteiger partial charge in [0.25, 0.3) is 0 Å². The number of hydrogen-bond donors (Lipinski definition) is 0. The zero-order valence-electron chi connectivity index (χ0n) is 10.1. The molecule has 0 unspecified atom stereocenters. The van der Waals surface area contributed by atoms with Gasteiger partial charge in [-0.3, -0.25) is 4.79 Å². The molecule has 92 valence electrons. The largest absolute Gasteiger partial charge is 0.296 e. The van der Waals surface area contributed by atoms with E-state index in [2.05, 4.69) is 10.3 Å². The van der Waals surface area contributed by atoms with Gasteiger partial charge in [0.1, 0.15) is 11.2 Å². The van der Waals surface area contributed by atoms with Crippen LogP contribution in [0.25, 0.3) is 22.8 Å². The topological polar surface area (TPSA) is 47.8 Å². The molecule has 4 nitrogen and oxygen atoms in total. The molecule has 0 aliphatic rings. The van der Waals surface area contributed by atoms with Gasteiger partial charge in [-0.1, -0.05) is 47.7 Å². The Morgan fingerprint density at radius 1 is 1.00 bits per heavy atom. The second-order valence-corrected chi connectivity index (χ2v) is 4.09. The maximum atomic E-state index is 11.3. The van der Waals surface area contributed by atoms with Crippen molar-refractivity contribution in [3.05, 3.63) is 60.2 Å². The molecule has 0 amide bonds. The lowest BCUT2D eigenvalue weighted by Crippen LogP contribution is -2.00. The highest BCUT2D eigenvalue weighted by Crippen LogP contribution is 2.15. The number of rotatable bonds is 3. The van der Waals surface area contributed by atoms with Crippen molar-refractivity contribution < 1.29 is 4.79 Å². The van der Waals surface area contributed by atoms with Crippen molar-refractivity contribution in [3.8, 4) is 0 Å². The third kappa shape index (κ3) is 2.15. The average molecular weight is 249 g/mol. The second kappa shape index (κ2) is 4.86. The van der Waals surface area contributed by atoms with Gasteiger partial charge in [0.2, 0.25) is 0 Å². The minimum atomic E-state index is 0.458. The van der Waals surface area contributed by atoms with E-state index in [0.717, 1.165) is 22.9 Å². The molecule has 0 N–H and O–H groups in total. The molecule has 0 saturated carbocycles. The minimum absolute atomic E-state index is 0.458. The lowest BCUT2D eigenvalue weighted by Gasteiger charge is -2.01. The van der Waals surface area contributed by atoms with E-state index in [0.29, 0.717) is 5.70 Å². The highest BCUT2D eigenvalue weighted by Gasteiger charge is 2.07. The van der Waals surface area contributed by atoms with Gasteiger partial charge in [0.15, 0.2) is 6.29 Å². The summed E-state index contributed by atoms with van der Waals surface area (Å²) in [5.74, 6) is 0. The average Bonchev–Trinajstić information content (AvgIpc) is 2.90. The van der Waals surface area contributed by atoms with Crippen LogP contribution < -0.4 is 0 Å². The third-order valence-electron chi connectivity index (χ3n) is 2.83. The summed E-state index contributed by atoms with van der Waals surface area (Å²) in [6.07, 6.45) is 2.57. The van der Waals surface area contributed by atoms with Crippen molar-refractivity contribution in [2.75, 3.05) is 0 Å². The summed E-state index contributed by atoms with van der Waals surface area (Å²) in [7, 11) is 0. The monoisotopic (exact) mass is 249 g/mol. The molecule has 0 radical (unpaired) electrons. The molecule has 0 saturated heterocycles. The van der Waals surface area contributed by atoms with Gasteiger partial charge in [0, 0.05) is 0 Å². The first kappa shape index (κ1) is 11.3. The summed E-state index contributed by atoms with van der Waals surface area (Å²) in [6.45, 7) is 0. The van der Waals surface area contributed by atoms with Crippen LogP contribution in [0.5, 0.6) is 0 Å². The van der Waals surface area contributed by atoms with Gasteiger partial charge in [0.05, 0.1) is 5.52 Å². The first-order valence-corrected chi connectivity index (χ1v) is 5.91. The number of hydrogen-bond acceptors (Lipinski definition) is 3. The number of carbonyl (C=O) groups excluding carboxylic acids is 1. The quantitative estimate of drug-likeness (QED) is 0.529. The van der Waals surface area contributed by atoms with Gasteiger partial charge in [-0.15, -0.1) is 5.10 Å². The summed E-state index contributed by atoms with van der Waals surface area (Å²) in [5.41, 5.74) is 2.99. The van der Waals surface area contributed by atoms with Crippen molar-refractivity contribution in [2.45, 2.75) is 0 Å². The van der Waals surface area contributed by atoms with Crippen LogP contribution >= 0.6 is 0 Å². The molecule has 4 heteroatoms. The lowest BCUT2D eigenvalue weighted by atomic mass is 10.2. The number of benzene rings is 2. The molecule has 0 aliphatic carbocycles. The van der Waals surface area contributed by atoms with E-state index in [1.165, 1.54) is 0 Å². The van der Waals surface area contributed by atoms with Crippen LogP contribution in [-0.4, -0.2) is 21.3 Å². The van der Waals surface area contributed by atoms with Crippen molar-refractivity contribution in [1.82, 2.24) is 15.0 Å². The van der Waals surface area contributed by atoms with E-state index in [4.69, 9.17) is 0 Å². The van der Waals surface area contributed by atoms with Crippen LogP contribution in [-0.2, 0) is 4.79 Å². The Morgan fingerprint density at radius 3 is 2.53 bits per heavy atom. The molecular formula is C15H11N3O. The van der Waals surface area contributed by atoms with Crippen molar-refractivity contribution in [3.63, 3.8) is 0 Å². The molecule has 19 heavy (non-hydrogen) atoms. The second-order valence-electron chi connectivity index (χ2n) is 4.09. The molecule has 0 spiro atoms. The smallest absolute Gasteiger partial charge is 0.168 e. The first-order chi connectivity index (χ1) is 9.38. The number of aromatic nitrogens is 3. The Balaban J connectivity index is 2.13. The first-order valence-electron chi connectivity index (χ1n) is 5.91. The van der Waals surface area contributed by atoms with Crippen LogP contribution in [0.3, 0.4) is 0 Å². The maximum absolute atomic E-state index is 11.3. The molecule has 0 aliphatic heterocycles. The Kier molecular flexibility index (Phi) is 2.90. The van der Waals surface area contributed by atoms with Crippen molar-refractivity contribution in [2.24, 2.45) is 0 Å². The van der Waals surface area contributed by atoms with Crippen LogP contribution in [0.2, 0.25) is 0 Å². The molecule has 1 aromatic heterocycles. The number of aldehydes is 1. The molecule has 3 aromatic rings. The molecule has 3 rings (SSSR count). The SMILES string of the molecule is O=CC(=Cc1ccccc1)n1nnc2ccccc21. The zero-order chi connectivity index (χ0) is 13.1. The predicted molar refractivity (Wildman–Crippen MR) is 74.2 cm³/mol. The van der Waals surface area contributed by atoms with E-state index in [1.807, 2.05) is 54.6 Å². The normalized spacial score (nSPS) is 11.7. The van der Waals surface area contributed by atoms with Crippen LogP contribution in [0, 0.1) is 0 Å². The van der Waals surface area contributed by atoms with E-state index in [9.17, 15) is 4.79 Å². The Bertz CT molecular complexity index is 744. The maximum Gasteiger partial charge on any atom is 0.168 e. The molecule has 0 bridgehead atoms. The number of para-hydroxylation sites is 1. The fourth-order valence-electron chi connectivity index (χ4n) is 1.92. The number of allylic oxidation sites excluding steroid dienone is 1. The Morgan fingerprint density at radius 2 is 1.74 bits per heavy atom. The summed E-state index contributed by atoms with van der Waals surface area (Å²) < 4.78 is 1.55. The van der Waals surface area contributed by atoms with Gasteiger partial charge >= 0.3 is 0 Å². The molecule has 0 fully saturated rings. The zero-order valence-corrected chi connectivity index (χ0v) is 10.1. The number of fused-ring (bicyclic) bond motifs is 1. The molecule has 2 aromatic carbocycles. The van der Waals surface area contributed by atoms with Gasteiger partial charge in [-0.05, 0) is 23.8 Å². The minimum Gasteiger partial charge on any atom is -0.296 e.